The molecule has 0 bridgehead atoms. The Kier molecular flexibility index (Phi) is 4.48. The Morgan fingerprint density at radius 2 is 2.17 bits per heavy atom. The number of nitrogens with zero attached hydrogens (tertiary/aromatic N) is 4. The third-order valence-electron chi connectivity index (χ3n) is 3.81. The van der Waals surface area contributed by atoms with Gasteiger partial charge in [0.05, 0.1) is 22.3 Å². The third-order valence-corrected chi connectivity index (χ3v) is 4.53. The number of carbonyl (C=O) groups excluding carboxylic acids is 1. The van der Waals surface area contributed by atoms with Crippen LogP contribution in [0, 0.1) is 13.8 Å². The molecule has 0 aliphatic rings. The molecule has 0 aromatic carbocycles. The van der Waals surface area contributed by atoms with Crippen LogP contribution in [-0.4, -0.2) is 32.2 Å². The van der Waals surface area contributed by atoms with Gasteiger partial charge in [0.2, 0.25) is 0 Å². The van der Waals surface area contributed by atoms with Gasteiger partial charge in [-0.1, -0.05) is 0 Å². The lowest BCUT2D eigenvalue weighted by molar-refractivity contribution is 0.0954. The second kappa shape index (κ2) is 6.56. The van der Waals surface area contributed by atoms with Gasteiger partial charge in [0.15, 0.2) is 10.8 Å². The van der Waals surface area contributed by atoms with Gasteiger partial charge in [0.1, 0.15) is 0 Å². The van der Waals surface area contributed by atoms with Crippen LogP contribution in [-0.2, 0) is 13.5 Å². The van der Waals surface area contributed by atoms with Crippen LogP contribution in [0.25, 0.3) is 11.0 Å². The molecule has 3 heterocycles. The van der Waals surface area contributed by atoms with Crippen molar-refractivity contribution in [3.05, 3.63) is 34.1 Å². The van der Waals surface area contributed by atoms with Crippen molar-refractivity contribution in [2.45, 2.75) is 26.7 Å². The standard InChI is InChI=1S/C16H20N6OS/c1-9-7-12(13-10(2)21-22(3)14(13)19-9)15(23)18-6-4-5-11-8-24-16(17)20-11/h7-8H,4-6H2,1-3H3,(H2,17,20)(H,18,23). The molecule has 3 aromatic rings. The average molecular weight is 344 g/mol. The fourth-order valence-corrected chi connectivity index (χ4v) is 3.35. The summed E-state index contributed by atoms with van der Waals surface area (Å²) in [5.74, 6) is -0.0978. The molecule has 7 nitrogen and oxygen atoms in total. The first-order valence-electron chi connectivity index (χ1n) is 7.74. The molecule has 0 saturated heterocycles. The van der Waals surface area contributed by atoms with Gasteiger partial charge in [-0.3, -0.25) is 9.48 Å². The fraction of sp³-hybridized carbons (Fsp3) is 0.375. The zero-order valence-electron chi connectivity index (χ0n) is 14.0. The van der Waals surface area contributed by atoms with Crippen molar-refractivity contribution >= 4 is 33.4 Å². The number of fused-ring (bicyclic) bond motifs is 1. The molecule has 24 heavy (non-hydrogen) atoms. The third kappa shape index (κ3) is 3.23. The average Bonchev–Trinajstić information content (AvgIpc) is 3.06. The van der Waals surface area contributed by atoms with Crippen molar-refractivity contribution in [1.29, 1.82) is 0 Å². The first kappa shape index (κ1) is 16.4. The summed E-state index contributed by atoms with van der Waals surface area (Å²) in [7, 11) is 1.84. The van der Waals surface area contributed by atoms with Gasteiger partial charge >= 0.3 is 0 Å². The number of pyridine rings is 1. The molecule has 0 aliphatic carbocycles. The number of nitrogens with two attached hydrogens (primary N) is 1. The number of nitrogens with one attached hydrogen (secondary N) is 1. The fourth-order valence-electron chi connectivity index (χ4n) is 2.75. The van der Waals surface area contributed by atoms with E-state index in [4.69, 9.17) is 5.73 Å². The summed E-state index contributed by atoms with van der Waals surface area (Å²) in [5, 5.41) is 10.7. The van der Waals surface area contributed by atoms with Crippen LogP contribution >= 0.6 is 11.3 Å². The van der Waals surface area contributed by atoms with Crippen molar-refractivity contribution in [3.8, 4) is 0 Å². The smallest absolute Gasteiger partial charge is 0.252 e. The largest absolute Gasteiger partial charge is 0.375 e. The Balaban J connectivity index is 1.70. The van der Waals surface area contributed by atoms with E-state index in [0.717, 1.165) is 41.0 Å². The number of amides is 1. The number of anilines is 1. The molecule has 3 aromatic heterocycles. The Hall–Kier alpha value is -2.48. The van der Waals surface area contributed by atoms with Crippen LogP contribution in [0.5, 0.6) is 0 Å². The highest BCUT2D eigenvalue weighted by molar-refractivity contribution is 7.13. The highest BCUT2D eigenvalue weighted by Gasteiger charge is 2.17. The predicted octanol–water partition coefficient (Wildman–Crippen LogP) is 1.99. The normalized spacial score (nSPS) is 11.1. The second-order valence-electron chi connectivity index (χ2n) is 5.76. The van der Waals surface area contributed by atoms with Crippen molar-refractivity contribution in [2.75, 3.05) is 12.3 Å². The molecule has 3 rings (SSSR count). The van der Waals surface area contributed by atoms with Crippen LogP contribution in [0.1, 0.15) is 33.9 Å². The van der Waals surface area contributed by atoms with E-state index in [1.807, 2.05) is 32.3 Å². The Bertz CT molecular complexity index is 897. The van der Waals surface area contributed by atoms with E-state index in [1.54, 1.807) is 4.68 Å². The molecule has 3 N–H and O–H groups in total. The summed E-state index contributed by atoms with van der Waals surface area (Å²) in [6, 6.07) is 1.81. The molecule has 1 amide bonds. The van der Waals surface area contributed by atoms with Crippen LogP contribution in [0.4, 0.5) is 5.13 Å². The van der Waals surface area contributed by atoms with E-state index < -0.39 is 0 Å². The maximum Gasteiger partial charge on any atom is 0.252 e. The molecule has 8 heteroatoms. The van der Waals surface area contributed by atoms with Crippen molar-refractivity contribution in [2.24, 2.45) is 7.05 Å². The van der Waals surface area contributed by atoms with Crippen LogP contribution in [0.15, 0.2) is 11.4 Å². The highest BCUT2D eigenvalue weighted by atomic mass is 32.1. The number of nitrogen functional groups attached to an aromatic ring is 1. The molecule has 0 unspecified atom stereocenters. The van der Waals surface area contributed by atoms with Crippen LogP contribution in [0.3, 0.4) is 0 Å². The van der Waals surface area contributed by atoms with Gasteiger partial charge < -0.3 is 11.1 Å². The number of hydrogen-bond donors (Lipinski definition) is 2. The van der Waals surface area contributed by atoms with Gasteiger partial charge in [-0.15, -0.1) is 11.3 Å². The summed E-state index contributed by atoms with van der Waals surface area (Å²) in [6.07, 6.45) is 1.61. The number of thiazole rings is 1. The van der Waals surface area contributed by atoms with E-state index in [-0.39, 0.29) is 5.91 Å². The van der Waals surface area contributed by atoms with Gasteiger partial charge in [0, 0.05) is 24.7 Å². The lowest BCUT2D eigenvalue weighted by Gasteiger charge is -2.07. The predicted molar refractivity (Wildman–Crippen MR) is 95.2 cm³/mol. The number of rotatable bonds is 5. The van der Waals surface area contributed by atoms with E-state index in [2.05, 4.69) is 20.4 Å². The minimum atomic E-state index is -0.0978. The maximum absolute atomic E-state index is 12.6. The molecule has 0 aliphatic heterocycles. The van der Waals surface area contributed by atoms with Crippen LogP contribution < -0.4 is 11.1 Å². The molecule has 0 spiro atoms. The van der Waals surface area contributed by atoms with Gasteiger partial charge in [-0.25, -0.2) is 9.97 Å². The monoisotopic (exact) mass is 344 g/mol. The Morgan fingerprint density at radius 1 is 1.38 bits per heavy atom. The number of aromatic nitrogens is 4. The molecular formula is C16H20N6OS. The van der Waals surface area contributed by atoms with E-state index in [0.29, 0.717) is 17.2 Å². The Labute approximate surface area is 143 Å². The molecular weight excluding hydrogens is 324 g/mol. The molecule has 0 radical (unpaired) electrons. The van der Waals surface area contributed by atoms with Crippen molar-refractivity contribution < 1.29 is 4.79 Å². The van der Waals surface area contributed by atoms with Crippen LogP contribution in [0.2, 0.25) is 0 Å². The molecule has 126 valence electrons. The quantitative estimate of drug-likeness (QED) is 0.690. The first-order chi connectivity index (χ1) is 11.5. The highest BCUT2D eigenvalue weighted by Crippen LogP contribution is 2.21. The number of hydrogen-bond acceptors (Lipinski definition) is 6. The van der Waals surface area contributed by atoms with E-state index in [9.17, 15) is 4.79 Å². The lowest BCUT2D eigenvalue weighted by atomic mass is 10.1. The minimum absolute atomic E-state index is 0.0978. The van der Waals surface area contributed by atoms with Crippen molar-refractivity contribution in [3.63, 3.8) is 0 Å². The SMILES string of the molecule is Cc1cc(C(=O)NCCCc2csc(N)n2)c2c(C)nn(C)c2n1. The topological polar surface area (TPSA) is 98.7 Å². The summed E-state index contributed by atoms with van der Waals surface area (Å²) in [5.41, 5.74) is 9.55. The van der Waals surface area contributed by atoms with E-state index in [1.165, 1.54) is 11.3 Å². The molecule has 0 saturated carbocycles. The molecule has 0 fully saturated rings. The first-order valence-corrected chi connectivity index (χ1v) is 8.62. The summed E-state index contributed by atoms with van der Waals surface area (Å²) >= 11 is 1.44. The van der Waals surface area contributed by atoms with Crippen molar-refractivity contribution in [1.82, 2.24) is 25.1 Å². The second-order valence-corrected chi connectivity index (χ2v) is 6.65. The summed E-state index contributed by atoms with van der Waals surface area (Å²) < 4.78 is 1.71. The summed E-state index contributed by atoms with van der Waals surface area (Å²) in [6.45, 7) is 4.35. The van der Waals surface area contributed by atoms with Gasteiger partial charge in [-0.2, -0.15) is 5.10 Å². The van der Waals surface area contributed by atoms with E-state index >= 15 is 0 Å². The Morgan fingerprint density at radius 3 is 2.88 bits per heavy atom. The minimum Gasteiger partial charge on any atom is -0.375 e. The maximum atomic E-state index is 12.6. The zero-order valence-corrected chi connectivity index (χ0v) is 14.8. The number of carbonyl (C=O) groups is 1. The zero-order chi connectivity index (χ0) is 17.3. The lowest BCUT2D eigenvalue weighted by Crippen LogP contribution is -2.25. The molecule has 0 atom stereocenters. The summed E-state index contributed by atoms with van der Waals surface area (Å²) in [4.78, 5) is 21.3. The number of aryl methyl sites for hydroxylation is 4. The van der Waals surface area contributed by atoms with Gasteiger partial charge in [-0.05, 0) is 32.8 Å². The van der Waals surface area contributed by atoms with Gasteiger partial charge in [0.25, 0.3) is 5.91 Å².